The van der Waals surface area contributed by atoms with Crippen molar-refractivity contribution < 1.29 is 13.2 Å². The SMILES string of the molecule is CC(C(C)S(C)(=O)=O)N(C)C(=O)CCC1CCNCC1. The Hall–Kier alpha value is -0.620. The maximum absolute atomic E-state index is 12.2. The van der Waals surface area contributed by atoms with Crippen molar-refractivity contribution in [2.45, 2.75) is 50.8 Å². The van der Waals surface area contributed by atoms with Gasteiger partial charge in [0.05, 0.1) is 5.25 Å². The molecular formula is C14H28N2O3S. The predicted octanol–water partition coefficient (Wildman–Crippen LogP) is 1.05. The van der Waals surface area contributed by atoms with Crippen molar-refractivity contribution in [2.24, 2.45) is 5.92 Å². The molecule has 0 aromatic carbocycles. The largest absolute Gasteiger partial charge is 0.342 e. The fourth-order valence-electron chi connectivity index (χ4n) is 2.57. The highest BCUT2D eigenvalue weighted by molar-refractivity contribution is 7.91. The molecule has 0 saturated carbocycles. The summed E-state index contributed by atoms with van der Waals surface area (Å²) in [5.41, 5.74) is 0. The molecule has 1 N–H and O–H groups in total. The molecule has 1 rings (SSSR count). The van der Waals surface area contributed by atoms with Crippen LogP contribution >= 0.6 is 0 Å². The van der Waals surface area contributed by atoms with E-state index in [2.05, 4.69) is 5.32 Å². The van der Waals surface area contributed by atoms with E-state index in [9.17, 15) is 13.2 Å². The van der Waals surface area contributed by atoms with Gasteiger partial charge in [-0.25, -0.2) is 8.42 Å². The number of sulfone groups is 1. The lowest BCUT2D eigenvalue weighted by Crippen LogP contribution is -2.44. The van der Waals surface area contributed by atoms with Gasteiger partial charge in [0.25, 0.3) is 0 Å². The Kier molecular flexibility index (Phi) is 6.45. The number of hydrogen-bond acceptors (Lipinski definition) is 4. The van der Waals surface area contributed by atoms with Crippen LogP contribution in [0.1, 0.15) is 39.5 Å². The lowest BCUT2D eigenvalue weighted by atomic mass is 9.93. The summed E-state index contributed by atoms with van der Waals surface area (Å²) in [6.07, 6.45) is 4.91. The average Bonchev–Trinajstić information content (AvgIpc) is 2.42. The highest BCUT2D eigenvalue weighted by atomic mass is 32.2. The van der Waals surface area contributed by atoms with Crippen LogP contribution in [0.2, 0.25) is 0 Å². The van der Waals surface area contributed by atoms with Crippen LogP contribution in [0, 0.1) is 5.92 Å². The highest BCUT2D eigenvalue weighted by Gasteiger charge is 2.28. The van der Waals surface area contributed by atoms with Crippen molar-refractivity contribution >= 4 is 15.7 Å². The molecule has 20 heavy (non-hydrogen) atoms. The van der Waals surface area contributed by atoms with Gasteiger partial charge in [0.2, 0.25) is 5.91 Å². The summed E-state index contributed by atoms with van der Waals surface area (Å²) < 4.78 is 23.1. The molecule has 0 aromatic rings. The zero-order valence-electron chi connectivity index (χ0n) is 13.1. The van der Waals surface area contributed by atoms with Crippen LogP contribution in [0.5, 0.6) is 0 Å². The van der Waals surface area contributed by atoms with Crippen LogP contribution in [0.4, 0.5) is 0 Å². The molecule has 0 radical (unpaired) electrons. The van der Waals surface area contributed by atoms with Crippen molar-refractivity contribution in [2.75, 3.05) is 26.4 Å². The summed E-state index contributed by atoms with van der Waals surface area (Å²) in [7, 11) is -1.41. The maximum Gasteiger partial charge on any atom is 0.222 e. The Morgan fingerprint density at radius 1 is 1.30 bits per heavy atom. The van der Waals surface area contributed by atoms with Gasteiger partial charge in [-0.15, -0.1) is 0 Å². The summed E-state index contributed by atoms with van der Waals surface area (Å²) in [5, 5.41) is 2.78. The van der Waals surface area contributed by atoms with E-state index >= 15 is 0 Å². The Morgan fingerprint density at radius 3 is 2.35 bits per heavy atom. The van der Waals surface area contributed by atoms with Gasteiger partial charge in [-0.1, -0.05) is 0 Å². The van der Waals surface area contributed by atoms with E-state index in [0.717, 1.165) is 32.4 Å². The predicted molar refractivity (Wildman–Crippen MR) is 81.4 cm³/mol. The zero-order valence-corrected chi connectivity index (χ0v) is 13.9. The molecule has 0 aromatic heterocycles. The maximum atomic E-state index is 12.2. The molecule has 1 amide bonds. The lowest BCUT2D eigenvalue weighted by molar-refractivity contribution is -0.132. The molecule has 1 aliphatic heterocycles. The lowest BCUT2D eigenvalue weighted by Gasteiger charge is -2.30. The second-order valence-corrected chi connectivity index (χ2v) is 8.41. The van der Waals surface area contributed by atoms with Crippen molar-refractivity contribution in [3.63, 3.8) is 0 Å². The molecule has 1 fully saturated rings. The molecule has 0 bridgehead atoms. The van der Waals surface area contributed by atoms with E-state index in [1.165, 1.54) is 6.26 Å². The quantitative estimate of drug-likeness (QED) is 0.796. The number of carbonyl (C=O) groups is 1. The van der Waals surface area contributed by atoms with E-state index in [-0.39, 0.29) is 11.9 Å². The summed E-state index contributed by atoms with van der Waals surface area (Å²) in [6, 6.07) is -0.287. The van der Waals surface area contributed by atoms with Crippen LogP contribution in [0.25, 0.3) is 0 Å². The van der Waals surface area contributed by atoms with Crippen molar-refractivity contribution in [1.29, 1.82) is 0 Å². The first-order valence-corrected chi connectivity index (χ1v) is 9.34. The van der Waals surface area contributed by atoms with E-state index in [0.29, 0.717) is 12.3 Å². The topological polar surface area (TPSA) is 66.5 Å². The molecule has 1 aliphatic rings. The molecule has 0 spiro atoms. The fourth-order valence-corrected chi connectivity index (χ4v) is 3.47. The number of piperidine rings is 1. The fraction of sp³-hybridized carbons (Fsp3) is 0.929. The summed E-state index contributed by atoms with van der Waals surface area (Å²) in [5.74, 6) is 0.669. The van der Waals surface area contributed by atoms with Gasteiger partial charge in [0.1, 0.15) is 0 Å². The molecule has 2 atom stereocenters. The minimum absolute atomic E-state index is 0.0477. The van der Waals surface area contributed by atoms with Gasteiger partial charge in [0.15, 0.2) is 9.84 Å². The van der Waals surface area contributed by atoms with Crippen LogP contribution < -0.4 is 5.32 Å². The minimum Gasteiger partial charge on any atom is -0.342 e. The minimum atomic E-state index is -3.12. The van der Waals surface area contributed by atoms with E-state index in [1.54, 1.807) is 25.8 Å². The Bertz CT molecular complexity index is 416. The Morgan fingerprint density at radius 2 is 1.85 bits per heavy atom. The molecule has 5 nitrogen and oxygen atoms in total. The van der Waals surface area contributed by atoms with E-state index in [4.69, 9.17) is 0 Å². The molecule has 0 aliphatic carbocycles. The zero-order chi connectivity index (χ0) is 15.3. The second kappa shape index (κ2) is 7.41. The molecular weight excluding hydrogens is 276 g/mol. The highest BCUT2D eigenvalue weighted by Crippen LogP contribution is 2.19. The number of nitrogens with zero attached hydrogens (tertiary/aromatic N) is 1. The van der Waals surface area contributed by atoms with Crippen LogP contribution in [0.15, 0.2) is 0 Å². The van der Waals surface area contributed by atoms with Gasteiger partial charge in [-0.3, -0.25) is 4.79 Å². The first-order valence-electron chi connectivity index (χ1n) is 7.38. The average molecular weight is 304 g/mol. The van der Waals surface area contributed by atoms with Gasteiger partial charge < -0.3 is 10.2 Å². The molecule has 1 heterocycles. The summed E-state index contributed by atoms with van der Waals surface area (Å²) in [6.45, 7) is 5.54. The standard InChI is InChI=1S/C14H28N2O3S/c1-11(12(2)20(4,18)19)16(3)14(17)6-5-13-7-9-15-10-8-13/h11-13,15H,5-10H2,1-4H3. The van der Waals surface area contributed by atoms with Crippen LogP contribution in [0.3, 0.4) is 0 Å². The third-order valence-electron chi connectivity index (χ3n) is 4.58. The molecule has 6 heteroatoms. The molecule has 2 unspecified atom stereocenters. The Balaban J connectivity index is 2.45. The van der Waals surface area contributed by atoms with Crippen LogP contribution in [-0.2, 0) is 14.6 Å². The molecule has 1 saturated heterocycles. The number of carbonyl (C=O) groups excluding carboxylic acids is 1. The van der Waals surface area contributed by atoms with Crippen molar-refractivity contribution in [1.82, 2.24) is 10.2 Å². The first kappa shape index (κ1) is 17.4. The summed E-state index contributed by atoms with van der Waals surface area (Å²) >= 11 is 0. The number of nitrogens with one attached hydrogen (secondary N) is 1. The van der Waals surface area contributed by atoms with Gasteiger partial charge in [-0.05, 0) is 52.1 Å². The van der Waals surface area contributed by atoms with Gasteiger partial charge in [0, 0.05) is 25.8 Å². The van der Waals surface area contributed by atoms with Gasteiger partial charge >= 0.3 is 0 Å². The van der Waals surface area contributed by atoms with Crippen molar-refractivity contribution in [3.05, 3.63) is 0 Å². The number of amides is 1. The van der Waals surface area contributed by atoms with E-state index < -0.39 is 15.1 Å². The normalized spacial score (nSPS) is 20.4. The first-order chi connectivity index (χ1) is 9.23. The van der Waals surface area contributed by atoms with Crippen molar-refractivity contribution in [3.8, 4) is 0 Å². The smallest absolute Gasteiger partial charge is 0.222 e. The van der Waals surface area contributed by atoms with Crippen LogP contribution in [-0.4, -0.2) is 56.9 Å². The number of rotatable bonds is 6. The summed E-state index contributed by atoms with van der Waals surface area (Å²) in [4.78, 5) is 13.8. The Labute approximate surface area is 123 Å². The molecule has 118 valence electrons. The van der Waals surface area contributed by atoms with E-state index in [1.807, 2.05) is 0 Å². The third-order valence-corrected chi connectivity index (χ3v) is 6.33. The third kappa shape index (κ3) is 5.05. The second-order valence-electron chi connectivity index (χ2n) is 6.01. The van der Waals surface area contributed by atoms with Gasteiger partial charge in [-0.2, -0.15) is 0 Å². The monoisotopic (exact) mass is 304 g/mol. The number of hydrogen-bond donors (Lipinski definition) is 1.